The van der Waals surface area contributed by atoms with E-state index in [4.69, 9.17) is 5.73 Å². The summed E-state index contributed by atoms with van der Waals surface area (Å²) in [5.41, 5.74) is 8.23. The minimum absolute atomic E-state index is 0. The normalized spacial score (nSPS) is 25.1. The van der Waals surface area contributed by atoms with Gasteiger partial charge in [-0.1, -0.05) is 6.07 Å². The van der Waals surface area contributed by atoms with Crippen LogP contribution in [0.15, 0.2) is 18.2 Å². The number of aryl methyl sites for hydroxylation is 1. The van der Waals surface area contributed by atoms with Crippen LogP contribution >= 0.6 is 12.4 Å². The first kappa shape index (κ1) is 13.2. The van der Waals surface area contributed by atoms with Gasteiger partial charge in [0, 0.05) is 23.8 Å². The number of piperidine rings is 1. The molecule has 1 saturated heterocycles. The van der Waals surface area contributed by atoms with Gasteiger partial charge in [-0.2, -0.15) is 0 Å². The van der Waals surface area contributed by atoms with Crippen molar-refractivity contribution in [1.82, 2.24) is 4.90 Å². The fraction of sp³-hybridized carbons (Fsp3) is 0.500. The van der Waals surface area contributed by atoms with E-state index in [-0.39, 0.29) is 18.3 Å². The molecule has 2 bridgehead atoms. The number of halogens is 1. The summed E-state index contributed by atoms with van der Waals surface area (Å²) < 4.78 is 0. The molecule has 0 spiro atoms. The van der Waals surface area contributed by atoms with Crippen LogP contribution in [0.3, 0.4) is 0 Å². The van der Waals surface area contributed by atoms with Crippen LogP contribution < -0.4 is 5.73 Å². The van der Waals surface area contributed by atoms with Crippen molar-refractivity contribution in [2.24, 2.45) is 5.92 Å². The molecule has 3 nitrogen and oxygen atoms in total. The van der Waals surface area contributed by atoms with Gasteiger partial charge >= 0.3 is 0 Å². The second kappa shape index (κ2) is 4.81. The topological polar surface area (TPSA) is 46.3 Å². The zero-order chi connectivity index (χ0) is 12.0. The standard InChI is InChI=1S/C14H18N2O.ClH/c1-9-2-4-11(15)7-13(9)14(17)16-8-10-3-5-12(16)6-10;/h2,4,7,10,12H,3,5-6,8,15H2,1H3;1H. The first-order valence-electron chi connectivity index (χ1n) is 6.32. The predicted molar refractivity (Wildman–Crippen MR) is 75.0 cm³/mol. The second-order valence-electron chi connectivity index (χ2n) is 5.36. The maximum Gasteiger partial charge on any atom is 0.254 e. The molecule has 1 amide bonds. The predicted octanol–water partition coefficient (Wildman–Crippen LogP) is 2.62. The van der Waals surface area contributed by atoms with E-state index in [0.717, 1.165) is 23.6 Å². The van der Waals surface area contributed by atoms with Crippen LogP contribution in [0, 0.1) is 12.8 Å². The molecule has 2 atom stereocenters. The number of carbonyl (C=O) groups is 1. The van der Waals surface area contributed by atoms with E-state index >= 15 is 0 Å². The van der Waals surface area contributed by atoms with Crippen molar-refractivity contribution in [3.05, 3.63) is 29.3 Å². The molecule has 18 heavy (non-hydrogen) atoms. The Morgan fingerprint density at radius 1 is 1.39 bits per heavy atom. The molecule has 4 heteroatoms. The summed E-state index contributed by atoms with van der Waals surface area (Å²) in [6.45, 7) is 2.92. The fourth-order valence-electron chi connectivity index (χ4n) is 3.20. The van der Waals surface area contributed by atoms with Gasteiger partial charge in [0.15, 0.2) is 0 Å². The summed E-state index contributed by atoms with van der Waals surface area (Å²) in [4.78, 5) is 14.5. The average Bonchev–Trinajstić information content (AvgIpc) is 2.93. The number of benzene rings is 1. The van der Waals surface area contributed by atoms with Gasteiger partial charge in [-0.25, -0.2) is 0 Å². The van der Waals surface area contributed by atoms with Crippen LogP contribution in [-0.4, -0.2) is 23.4 Å². The highest BCUT2D eigenvalue weighted by molar-refractivity contribution is 5.97. The first-order chi connectivity index (χ1) is 8.15. The molecular formula is C14H19ClN2O. The molecular weight excluding hydrogens is 248 g/mol. The van der Waals surface area contributed by atoms with Gasteiger partial charge in [0.05, 0.1) is 0 Å². The summed E-state index contributed by atoms with van der Waals surface area (Å²) in [6.07, 6.45) is 3.68. The monoisotopic (exact) mass is 266 g/mol. The lowest BCUT2D eigenvalue weighted by Gasteiger charge is -2.27. The molecule has 1 aromatic rings. The summed E-state index contributed by atoms with van der Waals surface area (Å²) in [5.74, 6) is 0.910. The van der Waals surface area contributed by atoms with Gasteiger partial charge in [0.1, 0.15) is 0 Å². The van der Waals surface area contributed by atoms with Gasteiger partial charge in [0.2, 0.25) is 0 Å². The average molecular weight is 267 g/mol. The van der Waals surface area contributed by atoms with E-state index in [2.05, 4.69) is 4.90 Å². The lowest BCUT2D eigenvalue weighted by atomic mass is 10.0. The molecule has 1 aliphatic carbocycles. The van der Waals surface area contributed by atoms with E-state index in [1.165, 1.54) is 19.3 Å². The third-order valence-corrected chi connectivity index (χ3v) is 4.16. The Morgan fingerprint density at radius 3 is 2.78 bits per heavy atom. The number of amides is 1. The molecule has 1 aliphatic heterocycles. The van der Waals surface area contributed by atoms with Crippen molar-refractivity contribution in [2.75, 3.05) is 12.3 Å². The minimum atomic E-state index is 0. The Hall–Kier alpha value is -1.22. The zero-order valence-electron chi connectivity index (χ0n) is 10.6. The SMILES string of the molecule is Cc1ccc(N)cc1C(=O)N1CC2CCC1C2.Cl. The van der Waals surface area contributed by atoms with Crippen molar-refractivity contribution < 1.29 is 4.79 Å². The number of likely N-dealkylation sites (tertiary alicyclic amines) is 1. The number of hydrogen-bond acceptors (Lipinski definition) is 2. The quantitative estimate of drug-likeness (QED) is 0.795. The van der Waals surface area contributed by atoms with Crippen molar-refractivity contribution in [1.29, 1.82) is 0 Å². The lowest BCUT2D eigenvalue weighted by Crippen LogP contribution is -2.38. The summed E-state index contributed by atoms with van der Waals surface area (Å²) >= 11 is 0. The molecule has 0 radical (unpaired) electrons. The van der Waals surface area contributed by atoms with Crippen LogP contribution in [0.4, 0.5) is 5.69 Å². The number of carbonyl (C=O) groups excluding carboxylic acids is 1. The molecule has 1 saturated carbocycles. The Morgan fingerprint density at radius 2 is 2.17 bits per heavy atom. The summed E-state index contributed by atoms with van der Waals surface area (Å²) in [6, 6.07) is 6.07. The number of fused-ring (bicyclic) bond motifs is 2. The molecule has 2 N–H and O–H groups in total. The minimum Gasteiger partial charge on any atom is -0.399 e. The van der Waals surface area contributed by atoms with Crippen molar-refractivity contribution >= 4 is 24.0 Å². The van der Waals surface area contributed by atoms with Gasteiger partial charge in [-0.3, -0.25) is 4.79 Å². The number of nitrogens with zero attached hydrogens (tertiary/aromatic N) is 1. The van der Waals surface area contributed by atoms with Crippen LogP contribution in [-0.2, 0) is 0 Å². The molecule has 1 heterocycles. The van der Waals surface area contributed by atoms with Gasteiger partial charge < -0.3 is 10.6 Å². The Kier molecular flexibility index (Phi) is 3.53. The molecule has 3 rings (SSSR count). The number of nitrogens with two attached hydrogens (primary N) is 1. The number of rotatable bonds is 1. The van der Waals surface area contributed by atoms with Crippen molar-refractivity contribution in [2.45, 2.75) is 32.2 Å². The molecule has 0 aromatic heterocycles. The molecule has 1 aromatic carbocycles. The van der Waals surface area contributed by atoms with E-state index in [1.807, 2.05) is 25.1 Å². The molecule has 2 fully saturated rings. The highest BCUT2D eigenvalue weighted by Crippen LogP contribution is 2.38. The molecule has 98 valence electrons. The fourth-order valence-corrected chi connectivity index (χ4v) is 3.20. The number of hydrogen-bond donors (Lipinski definition) is 1. The van der Waals surface area contributed by atoms with Crippen LogP contribution in [0.5, 0.6) is 0 Å². The number of nitrogen functional groups attached to an aromatic ring is 1. The highest BCUT2D eigenvalue weighted by Gasteiger charge is 2.40. The van der Waals surface area contributed by atoms with Crippen LogP contribution in [0.1, 0.15) is 35.2 Å². The van der Waals surface area contributed by atoms with Crippen LogP contribution in [0.25, 0.3) is 0 Å². The third-order valence-electron chi connectivity index (χ3n) is 4.16. The van der Waals surface area contributed by atoms with Gasteiger partial charge in [-0.05, 0) is 49.8 Å². The van der Waals surface area contributed by atoms with E-state index in [9.17, 15) is 4.79 Å². The Balaban J connectivity index is 0.00000120. The third kappa shape index (κ3) is 2.07. The maximum absolute atomic E-state index is 12.5. The molecule has 2 unspecified atom stereocenters. The zero-order valence-corrected chi connectivity index (χ0v) is 11.4. The van der Waals surface area contributed by atoms with Crippen molar-refractivity contribution in [3.63, 3.8) is 0 Å². The smallest absolute Gasteiger partial charge is 0.254 e. The lowest BCUT2D eigenvalue weighted by molar-refractivity contribution is 0.0703. The van der Waals surface area contributed by atoms with Crippen LogP contribution in [0.2, 0.25) is 0 Å². The largest absolute Gasteiger partial charge is 0.399 e. The summed E-state index contributed by atoms with van der Waals surface area (Å²) in [7, 11) is 0. The summed E-state index contributed by atoms with van der Waals surface area (Å²) in [5, 5.41) is 0. The maximum atomic E-state index is 12.5. The second-order valence-corrected chi connectivity index (χ2v) is 5.36. The molecule has 2 aliphatic rings. The number of anilines is 1. The first-order valence-corrected chi connectivity index (χ1v) is 6.32. The van der Waals surface area contributed by atoms with E-state index in [0.29, 0.717) is 11.7 Å². The highest BCUT2D eigenvalue weighted by atomic mass is 35.5. The van der Waals surface area contributed by atoms with Gasteiger partial charge in [-0.15, -0.1) is 12.4 Å². The Bertz CT molecular complexity index is 475. The van der Waals surface area contributed by atoms with E-state index < -0.39 is 0 Å². The van der Waals surface area contributed by atoms with Crippen molar-refractivity contribution in [3.8, 4) is 0 Å². The Labute approximate surface area is 114 Å². The van der Waals surface area contributed by atoms with E-state index in [1.54, 1.807) is 0 Å². The van der Waals surface area contributed by atoms with Gasteiger partial charge in [0.25, 0.3) is 5.91 Å².